The van der Waals surface area contributed by atoms with E-state index in [9.17, 15) is 0 Å². The summed E-state index contributed by atoms with van der Waals surface area (Å²) in [4.78, 5) is 0. The monoisotopic (exact) mass is 725 g/mol. The van der Waals surface area contributed by atoms with Crippen LogP contribution in [0.25, 0.3) is 0 Å². The molecular weight excluding hydrogens is 627 g/mol. The van der Waals surface area contributed by atoms with Gasteiger partial charge in [0.2, 0.25) is 0 Å². The van der Waals surface area contributed by atoms with Gasteiger partial charge in [0, 0.05) is 18.1 Å². The maximum Gasteiger partial charge on any atom is 0.172 e. The van der Waals surface area contributed by atoms with Gasteiger partial charge < -0.3 is 0 Å². The third-order valence-corrected chi connectivity index (χ3v) is 12.1. The summed E-state index contributed by atoms with van der Waals surface area (Å²) < 4.78 is 2.54. The molecule has 1 heteroatoms. The Morgan fingerprint density at radius 3 is 0.846 bits per heavy atom. The maximum atomic E-state index is 2.57. The molecule has 306 valence electrons. The van der Waals surface area contributed by atoms with Crippen molar-refractivity contribution in [1.29, 1.82) is 0 Å². The average molecular weight is 725 g/mol. The minimum absolute atomic E-state index is 1.21. The van der Waals surface area contributed by atoms with E-state index in [1.165, 1.54) is 276 Å². The second-order valence-corrected chi connectivity index (χ2v) is 17.3. The minimum Gasteiger partial charge on any atom is -0.205 e. The van der Waals surface area contributed by atoms with Crippen LogP contribution in [-0.2, 0) is 19.4 Å². The van der Waals surface area contributed by atoms with Gasteiger partial charge in [-0.05, 0) is 37.7 Å². The topological polar surface area (TPSA) is 3.88 Å². The zero-order valence-electron chi connectivity index (χ0n) is 36.6. The highest BCUT2D eigenvalue weighted by atomic mass is 14.9. The van der Waals surface area contributed by atoms with Crippen LogP contribution in [0.3, 0.4) is 0 Å². The lowest BCUT2D eigenvalue weighted by Crippen LogP contribution is -2.34. The first-order valence-corrected chi connectivity index (χ1v) is 24.8. The van der Waals surface area contributed by atoms with Crippen molar-refractivity contribution in [3.05, 3.63) is 29.6 Å². The van der Waals surface area contributed by atoms with Crippen molar-refractivity contribution >= 4 is 0 Å². The molecule has 0 unspecified atom stereocenters. The maximum absolute atomic E-state index is 2.57. The minimum atomic E-state index is 1.21. The highest BCUT2D eigenvalue weighted by Gasteiger charge is 2.10. The smallest absolute Gasteiger partial charge is 0.172 e. The largest absolute Gasteiger partial charge is 0.205 e. The van der Waals surface area contributed by atoms with Gasteiger partial charge in [-0.25, -0.2) is 4.57 Å². The molecule has 0 aliphatic heterocycles. The molecular formula is C51H98N+. The Balaban J connectivity index is 2.28. The number of unbranched alkanes of at least 4 members (excludes halogenated alkanes) is 37. The van der Waals surface area contributed by atoms with Crippen molar-refractivity contribution < 1.29 is 4.57 Å². The van der Waals surface area contributed by atoms with Gasteiger partial charge in [0.1, 0.15) is 6.54 Å². The molecule has 1 heterocycles. The molecule has 0 radical (unpaired) electrons. The number of hydrogen-bond donors (Lipinski definition) is 0. The molecule has 0 saturated carbocycles. The van der Waals surface area contributed by atoms with Crippen LogP contribution in [0.15, 0.2) is 18.5 Å². The zero-order chi connectivity index (χ0) is 37.3. The highest BCUT2D eigenvalue weighted by Crippen LogP contribution is 2.19. The summed E-state index contributed by atoms with van der Waals surface area (Å²) in [6, 6.07) is 2.51. The molecule has 0 spiro atoms. The number of nitrogens with zero attached hydrogens (tertiary/aromatic N) is 1. The van der Waals surface area contributed by atoms with E-state index in [-0.39, 0.29) is 0 Å². The Labute approximate surface area is 330 Å². The van der Waals surface area contributed by atoms with Crippen molar-refractivity contribution in [2.45, 2.75) is 297 Å². The summed E-state index contributed by atoms with van der Waals surface area (Å²) in [6.45, 7) is 8.16. The molecule has 0 N–H and O–H groups in total. The van der Waals surface area contributed by atoms with E-state index in [4.69, 9.17) is 0 Å². The van der Waals surface area contributed by atoms with E-state index < -0.39 is 0 Å². The van der Waals surface area contributed by atoms with Crippen LogP contribution in [0.1, 0.15) is 289 Å². The van der Waals surface area contributed by atoms with E-state index in [1.54, 1.807) is 11.1 Å². The number of pyridine rings is 1. The molecule has 1 aromatic rings. The lowest BCUT2D eigenvalue weighted by Gasteiger charge is -2.10. The summed E-state index contributed by atoms with van der Waals surface area (Å²) in [5.41, 5.74) is 3.34. The SMILES string of the molecule is CCCCCCCCCCCCCCCCCc1cc[n+](CCCCCCCCCCCC)cc1CCCCCCCCCCCCCCCCC. The first-order chi connectivity index (χ1) is 25.8. The van der Waals surface area contributed by atoms with Crippen LogP contribution in [-0.4, -0.2) is 0 Å². The predicted molar refractivity (Wildman–Crippen MR) is 236 cm³/mol. The Morgan fingerprint density at radius 1 is 0.288 bits per heavy atom. The predicted octanol–water partition coefficient (Wildman–Crippen LogP) is 17.7. The fourth-order valence-electron chi connectivity index (χ4n) is 8.38. The first-order valence-electron chi connectivity index (χ1n) is 24.8. The van der Waals surface area contributed by atoms with E-state index in [1.807, 2.05) is 0 Å². The molecule has 1 rings (SSSR count). The fourth-order valence-corrected chi connectivity index (χ4v) is 8.38. The molecule has 1 nitrogen and oxygen atoms in total. The molecule has 0 fully saturated rings. The van der Waals surface area contributed by atoms with Crippen LogP contribution in [0.2, 0.25) is 0 Å². The number of rotatable bonds is 43. The number of aromatic nitrogens is 1. The second kappa shape index (κ2) is 41.3. The van der Waals surface area contributed by atoms with Crippen LogP contribution in [0.4, 0.5) is 0 Å². The molecule has 0 aliphatic rings. The van der Waals surface area contributed by atoms with Crippen molar-refractivity contribution in [2.24, 2.45) is 0 Å². The summed E-state index contributed by atoms with van der Waals surface area (Å²) in [5.74, 6) is 0. The first kappa shape index (κ1) is 49.2. The standard InChI is InChI=1S/C51H98N/c1-4-7-10-13-16-19-22-24-26-28-30-32-35-38-41-44-50-46-48-52(47-43-40-37-34-21-18-15-12-9-6-3)49-51(50)45-42-39-36-33-31-29-27-25-23-20-17-14-11-8-5-2/h46,48-49H,4-45,47H2,1-3H3/q+1. The van der Waals surface area contributed by atoms with Crippen molar-refractivity contribution in [3.8, 4) is 0 Å². The molecule has 0 aliphatic carbocycles. The Hall–Kier alpha value is -0.850. The molecule has 0 aromatic carbocycles. The summed E-state index contributed by atoms with van der Waals surface area (Å²) in [5, 5.41) is 0. The summed E-state index contributed by atoms with van der Waals surface area (Å²) in [6.07, 6.45) is 65.3. The van der Waals surface area contributed by atoms with Gasteiger partial charge in [0.25, 0.3) is 0 Å². The van der Waals surface area contributed by atoms with Crippen LogP contribution < -0.4 is 4.57 Å². The van der Waals surface area contributed by atoms with Gasteiger partial charge >= 0.3 is 0 Å². The molecule has 1 aromatic heterocycles. The normalized spacial score (nSPS) is 11.6. The number of aryl methyl sites for hydroxylation is 3. The zero-order valence-corrected chi connectivity index (χ0v) is 36.6. The molecule has 0 saturated heterocycles. The Kier molecular flexibility index (Phi) is 39.1. The van der Waals surface area contributed by atoms with Gasteiger partial charge in [0.15, 0.2) is 12.4 Å². The highest BCUT2D eigenvalue weighted by molar-refractivity contribution is 5.21. The molecule has 0 atom stereocenters. The molecule has 0 amide bonds. The van der Waals surface area contributed by atoms with Gasteiger partial charge in [-0.3, -0.25) is 0 Å². The van der Waals surface area contributed by atoms with Gasteiger partial charge in [-0.1, -0.05) is 252 Å². The lowest BCUT2D eigenvalue weighted by atomic mass is 9.97. The number of hydrogen-bond acceptors (Lipinski definition) is 0. The van der Waals surface area contributed by atoms with E-state index in [2.05, 4.69) is 43.8 Å². The van der Waals surface area contributed by atoms with Crippen molar-refractivity contribution in [3.63, 3.8) is 0 Å². The molecule has 52 heavy (non-hydrogen) atoms. The van der Waals surface area contributed by atoms with Crippen molar-refractivity contribution in [2.75, 3.05) is 0 Å². The summed E-state index contributed by atoms with van der Waals surface area (Å²) >= 11 is 0. The Bertz CT molecular complexity index is 813. The lowest BCUT2D eigenvalue weighted by molar-refractivity contribution is -0.697. The van der Waals surface area contributed by atoms with E-state index >= 15 is 0 Å². The van der Waals surface area contributed by atoms with Gasteiger partial charge in [-0.15, -0.1) is 0 Å². The average Bonchev–Trinajstić information content (AvgIpc) is 3.16. The Morgan fingerprint density at radius 2 is 0.538 bits per heavy atom. The van der Waals surface area contributed by atoms with Gasteiger partial charge in [-0.2, -0.15) is 0 Å². The van der Waals surface area contributed by atoms with E-state index in [0.717, 1.165) is 0 Å². The van der Waals surface area contributed by atoms with Crippen molar-refractivity contribution in [1.82, 2.24) is 0 Å². The van der Waals surface area contributed by atoms with Crippen LogP contribution in [0, 0.1) is 0 Å². The third-order valence-electron chi connectivity index (χ3n) is 12.1. The third kappa shape index (κ3) is 33.7. The van der Waals surface area contributed by atoms with Crippen LogP contribution in [0.5, 0.6) is 0 Å². The quantitative estimate of drug-likeness (QED) is 0.0466. The fraction of sp³-hybridized carbons (Fsp3) is 0.902. The van der Waals surface area contributed by atoms with Crippen LogP contribution >= 0.6 is 0 Å². The second-order valence-electron chi connectivity index (χ2n) is 17.3. The summed E-state index contributed by atoms with van der Waals surface area (Å²) in [7, 11) is 0. The van der Waals surface area contributed by atoms with Gasteiger partial charge in [0.05, 0.1) is 0 Å². The molecule has 0 bridgehead atoms. The van der Waals surface area contributed by atoms with E-state index in [0.29, 0.717) is 0 Å².